The summed E-state index contributed by atoms with van der Waals surface area (Å²) in [5.41, 5.74) is 10.4. The van der Waals surface area contributed by atoms with Crippen molar-refractivity contribution in [2.45, 2.75) is 9.79 Å². The number of para-hydroxylation sites is 3. The van der Waals surface area contributed by atoms with Crippen LogP contribution in [0.5, 0.6) is 0 Å². The van der Waals surface area contributed by atoms with E-state index in [9.17, 15) is 0 Å². The quantitative estimate of drug-likeness (QED) is 0.166. The second-order valence-electron chi connectivity index (χ2n) is 14.9. The molecule has 0 aliphatic carbocycles. The maximum absolute atomic E-state index is 2.45. The Bertz CT molecular complexity index is 3360. The first kappa shape index (κ1) is 34.0. The molecule has 0 spiro atoms. The van der Waals surface area contributed by atoms with Crippen molar-refractivity contribution in [2.75, 3.05) is 9.80 Å². The Hall–Kier alpha value is -7.05. The molecule has 0 atom stereocenters. The first-order chi connectivity index (χ1) is 29.3. The molecule has 12 rings (SSSR count). The lowest BCUT2D eigenvalue weighted by Gasteiger charge is -2.33. The minimum absolute atomic E-state index is 1.10. The van der Waals surface area contributed by atoms with Gasteiger partial charge in [0.05, 0.1) is 26.5 Å². The molecule has 2 aromatic heterocycles. The van der Waals surface area contributed by atoms with Crippen molar-refractivity contribution in [3.8, 4) is 16.8 Å². The first-order valence-electron chi connectivity index (χ1n) is 19.9. The fourth-order valence-electron chi connectivity index (χ4n) is 8.90. The summed E-state index contributed by atoms with van der Waals surface area (Å²) in [7, 11) is 0. The highest BCUT2D eigenvalue weighted by Crippen LogP contribution is 2.56. The van der Waals surface area contributed by atoms with Gasteiger partial charge in [-0.3, -0.25) is 9.47 Å². The van der Waals surface area contributed by atoms with Crippen molar-refractivity contribution in [1.29, 1.82) is 0 Å². The average Bonchev–Trinajstić information content (AvgIpc) is 3.85. The minimum Gasteiger partial charge on any atom is -0.309 e. The molecule has 0 unspecified atom stereocenters. The number of aromatic nitrogens is 1. The standard InChI is InChI=1S/C54H35N3S2/c1-2-16-38(17-3-1)56-47-23-8-6-20-46(47)53-54(56)57(48-24-9-11-27-51(48)59-53)41-34-32-40(33-35-41)55(49-25-13-22-45-44-19-7-10-26-50(44)58-52(45)49)39-30-28-37(29-31-39)43-21-12-15-36-14-4-5-18-42(36)43/h1-35H. The predicted molar refractivity (Wildman–Crippen MR) is 253 cm³/mol. The van der Waals surface area contributed by atoms with E-state index in [2.05, 4.69) is 227 Å². The number of rotatable bonds is 6. The maximum atomic E-state index is 2.45. The molecule has 0 bridgehead atoms. The van der Waals surface area contributed by atoms with Gasteiger partial charge >= 0.3 is 0 Å². The Labute approximate surface area is 350 Å². The Morgan fingerprint density at radius 3 is 1.93 bits per heavy atom. The molecule has 1 aliphatic heterocycles. The highest BCUT2D eigenvalue weighted by molar-refractivity contribution is 8.00. The van der Waals surface area contributed by atoms with Gasteiger partial charge in [0.2, 0.25) is 0 Å². The van der Waals surface area contributed by atoms with Gasteiger partial charge in [-0.25, -0.2) is 0 Å². The van der Waals surface area contributed by atoms with E-state index in [0.29, 0.717) is 0 Å². The number of fused-ring (bicyclic) bond motifs is 8. The van der Waals surface area contributed by atoms with Gasteiger partial charge in [-0.1, -0.05) is 145 Å². The summed E-state index contributed by atoms with van der Waals surface area (Å²) >= 11 is 3.73. The van der Waals surface area contributed by atoms with Crippen molar-refractivity contribution in [3.05, 3.63) is 212 Å². The number of anilines is 6. The second-order valence-corrected chi connectivity index (χ2v) is 17.0. The Morgan fingerprint density at radius 2 is 1.08 bits per heavy atom. The monoisotopic (exact) mass is 789 g/mol. The lowest BCUT2D eigenvalue weighted by molar-refractivity contribution is 1.03. The molecule has 1 aliphatic rings. The van der Waals surface area contributed by atoms with Crippen molar-refractivity contribution < 1.29 is 0 Å². The van der Waals surface area contributed by atoms with E-state index >= 15 is 0 Å². The lowest BCUT2D eigenvalue weighted by Crippen LogP contribution is -2.18. The molecule has 0 radical (unpaired) electrons. The van der Waals surface area contributed by atoms with E-state index in [4.69, 9.17) is 0 Å². The molecule has 3 nitrogen and oxygen atoms in total. The van der Waals surface area contributed by atoms with E-state index in [0.717, 1.165) is 28.6 Å². The zero-order chi connectivity index (χ0) is 38.9. The molecule has 9 aromatic carbocycles. The van der Waals surface area contributed by atoms with Crippen molar-refractivity contribution in [2.24, 2.45) is 0 Å². The number of hydrogen-bond donors (Lipinski definition) is 0. The zero-order valence-electron chi connectivity index (χ0n) is 31.9. The van der Waals surface area contributed by atoms with Crippen LogP contribution in [0.1, 0.15) is 0 Å². The van der Waals surface area contributed by atoms with Gasteiger partial charge in [0.25, 0.3) is 0 Å². The summed E-state index contributed by atoms with van der Waals surface area (Å²) in [6.07, 6.45) is 0. The normalized spacial score (nSPS) is 12.3. The fourth-order valence-corrected chi connectivity index (χ4v) is 11.3. The predicted octanol–water partition coefficient (Wildman–Crippen LogP) is 16.2. The Kier molecular flexibility index (Phi) is 7.96. The van der Waals surface area contributed by atoms with Gasteiger partial charge < -0.3 is 4.90 Å². The minimum atomic E-state index is 1.10. The number of benzene rings is 9. The second kappa shape index (κ2) is 13.8. The summed E-state index contributed by atoms with van der Waals surface area (Å²) in [6.45, 7) is 0. The van der Waals surface area contributed by atoms with Crippen LogP contribution in [0.2, 0.25) is 0 Å². The topological polar surface area (TPSA) is 11.4 Å². The van der Waals surface area contributed by atoms with E-state index in [1.54, 1.807) is 0 Å². The van der Waals surface area contributed by atoms with Crippen LogP contribution in [-0.4, -0.2) is 4.57 Å². The smallest absolute Gasteiger partial charge is 0.137 e. The van der Waals surface area contributed by atoms with Crippen LogP contribution >= 0.6 is 23.1 Å². The number of hydrogen-bond acceptors (Lipinski definition) is 4. The molecule has 278 valence electrons. The van der Waals surface area contributed by atoms with Crippen molar-refractivity contribution in [1.82, 2.24) is 4.57 Å². The highest BCUT2D eigenvalue weighted by Gasteiger charge is 2.32. The summed E-state index contributed by atoms with van der Waals surface area (Å²) in [6, 6.07) is 77.3. The van der Waals surface area contributed by atoms with E-state index in [-0.39, 0.29) is 0 Å². The maximum Gasteiger partial charge on any atom is 0.137 e. The number of nitrogens with zero attached hydrogens (tertiary/aromatic N) is 3. The Balaban J connectivity index is 1.03. The zero-order valence-corrected chi connectivity index (χ0v) is 33.5. The van der Waals surface area contributed by atoms with E-state index < -0.39 is 0 Å². The molecule has 0 N–H and O–H groups in total. The number of thiophene rings is 1. The third-order valence-electron chi connectivity index (χ3n) is 11.6. The van der Waals surface area contributed by atoms with Gasteiger partial charge in [0.15, 0.2) is 0 Å². The van der Waals surface area contributed by atoms with Crippen molar-refractivity contribution in [3.63, 3.8) is 0 Å². The van der Waals surface area contributed by atoms with Gasteiger partial charge in [-0.15, -0.1) is 11.3 Å². The average molecular weight is 790 g/mol. The molecule has 0 fully saturated rings. The Morgan fingerprint density at radius 1 is 0.441 bits per heavy atom. The summed E-state index contributed by atoms with van der Waals surface area (Å²) < 4.78 is 4.99. The van der Waals surface area contributed by atoms with Gasteiger partial charge in [0.1, 0.15) is 5.82 Å². The molecule has 11 aromatic rings. The van der Waals surface area contributed by atoms with Crippen LogP contribution in [0.3, 0.4) is 0 Å². The van der Waals surface area contributed by atoms with Gasteiger partial charge in [-0.2, -0.15) is 0 Å². The summed E-state index contributed by atoms with van der Waals surface area (Å²) in [5, 5.41) is 6.33. The lowest BCUT2D eigenvalue weighted by atomic mass is 9.98. The van der Waals surface area contributed by atoms with Crippen LogP contribution in [0.4, 0.5) is 34.3 Å². The van der Waals surface area contributed by atoms with Gasteiger partial charge in [-0.05, 0) is 101 Å². The summed E-state index contributed by atoms with van der Waals surface area (Å²) in [4.78, 5) is 7.38. The molecule has 0 saturated heterocycles. The molecule has 0 saturated carbocycles. The summed E-state index contributed by atoms with van der Waals surface area (Å²) in [5.74, 6) is 1.16. The molecular formula is C54H35N3S2. The van der Waals surface area contributed by atoms with Crippen LogP contribution in [0.25, 0.3) is 58.7 Å². The van der Waals surface area contributed by atoms with E-state index in [1.807, 2.05) is 23.1 Å². The van der Waals surface area contributed by atoms with E-state index in [1.165, 1.54) is 74.1 Å². The highest BCUT2D eigenvalue weighted by atomic mass is 32.2. The first-order valence-corrected chi connectivity index (χ1v) is 21.6. The van der Waals surface area contributed by atoms with Crippen molar-refractivity contribution >= 4 is 99.2 Å². The SMILES string of the molecule is c1ccc(-n2c3c(c4ccccc42)Sc2ccccc2N3c2ccc(N(c3ccc(-c4cccc5ccccc45)cc3)c3cccc4c3sc3ccccc34)cc2)cc1. The molecular weight excluding hydrogens is 755 g/mol. The largest absolute Gasteiger partial charge is 0.309 e. The van der Waals surface area contributed by atoms with Crippen LogP contribution in [-0.2, 0) is 0 Å². The molecule has 5 heteroatoms. The van der Waals surface area contributed by atoms with Crippen LogP contribution in [0.15, 0.2) is 222 Å². The van der Waals surface area contributed by atoms with Crippen LogP contribution in [0, 0.1) is 0 Å². The van der Waals surface area contributed by atoms with Gasteiger partial charge in [0, 0.05) is 48.5 Å². The molecule has 0 amide bonds. The third-order valence-corrected chi connectivity index (χ3v) is 13.9. The molecule has 59 heavy (non-hydrogen) atoms. The fraction of sp³-hybridized carbons (Fsp3) is 0. The third kappa shape index (κ3) is 5.50. The molecule has 3 heterocycles. The van der Waals surface area contributed by atoms with Crippen LogP contribution < -0.4 is 9.80 Å².